The van der Waals surface area contributed by atoms with Gasteiger partial charge in [0.1, 0.15) is 12.2 Å². The monoisotopic (exact) mass is 278 g/mol. The first-order chi connectivity index (χ1) is 9.34. The summed E-state index contributed by atoms with van der Waals surface area (Å²) in [4.78, 5) is 11.1. The molecule has 0 aromatic heterocycles. The third kappa shape index (κ3) is 2.30. The minimum Gasteiger partial charge on any atom is -0.463 e. The number of hydrogen-bond donors (Lipinski definition) is 0. The normalized spacial score (nSPS) is 42.1. The summed E-state index contributed by atoms with van der Waals surface area (Å²) in [6.07, 6.45) is 5.81. The Bertz CT molecular complexity index is 440. The zero-order valence-corrected chi connectivity index (χ0v) is 12.9. The van der Waals surface area contributed by atoms with Crippen molar-refractivity contribution in [3.8, 4) is 0 Å². The lowest BCUT2D eigenvalue weighted by atomic mass is 9.52. The van der Waals surface area contributed by atoms with Crippen LogP contribution in [-0.2, 0) is 14.3 Å². The molecule has 0 aromatic rings. The van der Waals surface area contributed by atoms with Crippen LogP contribution in [0.2, 0.25) is 0 Å². The van der Waals surface area contributed by atoms with Crippen LogP contribution in [0.3, 0.4) is 0 Å². The molecule has 20 heavy (non-hydrogen) atoms. The number of ether oxygens (including phenoxy) is 2. The van der Waals surface area contributed by atoms with E-state index in [0.717, 1.165) is 25.7 Å². The Morgan fingerprint density at radius 3 is 2.85 bits per heavy atom. The van der Waals surface area contributed by atoms with Gasteiger partial charge in [-0.05, 0) is 49.4 Å². The third-order valence-electron chi connectivity index (χ3n) is 5.79. The van der Waals surface area contributed by atoms with Gasteiger partial charge in [0.15, 0.2) is 0 Å². The summed E-state index contributed by atoms with van der Waals surface area (Å²) in [5, 5.41) is 0. The van der Waals surface area contributed by atoms with E-state index >= 15 is 0 Å². The van der Waals surface area contributed by atoms with Gasteiger partial charge in [0, 0.05) is 6.92 Å². The Labute approximate surface area is 121 Å². The molecule has 3 rings (SSSR count). The van der Waals surface area contributed by atoms with Gasteiger partial charge < -0.3 is 9.47 Å². The van der Waals surface area contributed by atoms with E-state index in [4.69, 9.17) is 9.47 Å². The average molecular weight is 278 g/mol. The fraction of sp³-hybridized carbons (Fsp3) is 0.824. The zero-order chi connectivity index (χ0) is 14.5. The first-order valence-electron chi connectivity index (χ1n) is 7.83. The summed E-state index contributed by atoms with van der Waals surface area (Å²) in [6.45, 7) is 10.9. The average Bonchev–Trinajstić information content (AvgIpc) is 3.04. The van der Waals surface area contributed by atoms with Crippen LogP contribution in [-0.4, -0.2) is 24.3 Å². The second-order valence-corrected chi connectivity index (χ2v) is 7.59. The molecular weight excluding hydrogens is 252 g/mol. The number of fused-ring (bicyclic) bond motifs is 2. The van der Waals surface area contributed by atoms with Gasteiger partial charge in [0.2, 0.25) is 0 Å². The molecule has 1 saturated heterocycles. The third-order valence-corrected chi connectivity index (χ3v) is 5.79. The highest BCUT2D eigenvalue weighted by atomic mass is 16.6. The molecule has 3 aliphatic rings. The second-order valence-electron chi connectivity index (χ2n) is 7.59. The number of rotatable bonds is 2. The van der Waals surface area contributed by atoms with Crippen LogP contribution in [0, 0.1) is 17.3 Å². The molecule has 0 amide bonds. The highest BCUT2D eigenvalue weighted by Crippen LogP contribution is 2.59. The molecule has 4 unspecified atom stereocenters. The summed E-state index contributed by atoms with van der Waals surface area (Å²) in [6, 6.07) is 0. The molecule has 1 heterocycles. The minimum absolute atomic E-state index is 0.188. The fourth-order valence-corrected chi connectivity index (χ4v) is 4.38. The summed E-state index contributed by atoms with van der Waals surface area (Å²) in [5.41, 5.74) is 1.64. The fourth-order valence-electron chi connectivity index (χ4n) is 4.38. The topological polar surface area (TPSA) is 38.8 Å². The van der Waals surface area contributed by atoms with Crippen molar-refractivity contribution in [1.82, 2.24) is 0 Å². The lowest BCUT2D eigenvalue weighted by Crippen LogP contribution is -2.45. The maximum atomic E-state index is 11.1. The molecule has 112 valence electrons. The Balaban J connectivity index is 1.70. The molecule has 1 aliphatic heterocycles. The number of allylic oxidation sites excluding steroid dienone is 1. The van der Waals surface area contributed by atoms with Gasteiger partial charge in [-0.15, -0.1) is 0 Å². The molecule has 0 spiro atoms. The Kier molecular flexibility index (Phi) is 3.24. The smallest absolute Gasteiger partial charge is 0.302 e. The van der Waals surface area contributed by atoms with Crippen LogP contribution >= 0.6 is 0 Å². The first kappa shape index (κ1) is 14.1. The number of carbonyl (C=O) groups excluding carboxylic acids is 1. The predicted molar refractivity (Wildman–Crippen MR) is 77.2 cm³/mol. The number of epoxide rings is 1. The molecule has 2 aliphatic carbocycles. The lowest BCUT2D eigenvalue weighted by molar-refractivity contribution is -0.143. The second kappa shape index (κ2) is 4.59. The quantitative estimate of drug-likeness (QED) is 0.441. The summed E-state index contributed by atoms with van der Waals surface area (Å²) in [5.74, 6) is 1.21. The summed E-state index contributed by atoms with van der Waals surface area (Å²) < 4.78 is 11.2. The van der Waals surface area contributed by atoms with Crippen molar-refractivity contribution >= 4 is 5.97 Å². The van der Waals surface area contributed by atoms with Crippen LogP contribution in [0.4, 0.5) is 0 Å². The van der Waals surface area contributed by atoms with Crippen molar-refractivity contribution in [1.29, 1.82) is 0 Å². The molecular formula is C17H26O3. The van der Waals surface area contributed by atoms with Crippen molar-refractivity contribution < 1.29 is 14.3 Å². The van der Waals surface area contributed by atoms with Crippen LogP contribution < -0.4 is 0 Å². The minimum atomic E-state index is -0.209. The standard InChI is InChI=1S/C17H26O3/c1-11-5-6-15-17(20-15,10-19-12(2)18)8-7-14-13(11)9-16(14,3)4/h13-15H,1,5-10H2,2-4H3. The van der Waals surface area contributed by atoms with Crippen LogP contribution in [0.15, 0.2) is 12.2 Å². The highest BCUT2D eigenvalue weighted by molar-refractivity contribution is 5.66. The van der Waals surface area contributed by atoms with Gasteiger partial charge in [0.25, 0.3) is 0 Å². The maximum absolute atomic E-state index is 11.1. The highest BCUT2D eigenvalue weighted by Gasteiger charge is 2.59. The molecule has 0 aromatic carbocycles. The van der Waals surface area contributed by atoms with E-state index in [1.807, 2.05) is 0 Å². The van der Waals surface area contributed by atoms with E-state index in [-0.39, 0.29) is 17.7 Å². The van der Waals surface area contributed by atoms with E-state index in [0.29, 0.717) is 23.9 Å². The molecule has 0 N–H and O–H groups in total. The van der Waals surface area contributed by atoms with Gasteiger partial charge in [0.05, 0.1) is 6.10 Å². The van der Waals surface area contributed by atoms with Gasteiger partial charge >= 0.3 is 5.97 Å². The van der Waals surface area contributed by atoms with E-state index in [1.54, 1.807) is 0 Å². The van der Waals surface area contributed by atoms with Gasteiger partial charge in [-0.1, -0.05) is 26.0 Å². The summed E-state index contributed by atoms with van der Waals surface area (Å²) >= 11 is 0. The Hall–Kier alpha value is -0.830. The van der Waals surface area contributed by atoms with Gasteiger partial charge in [-0.25, -0.2) is 0 Å². The van der Waals surface area contributed by atoms with E-state index in [1.165, 1.54) is 18.9 Å². The van der Waals surface area contributed by atoms with Crippen LogP contribution in [0.25, 0.3) is 0 Å². The lowest BCUT2D eigenvalue weighted by Gasteiger charge is -2.53. The van der Waals surface area contributed by atoms with Crippen molar-refractivity contribution in [3.63, 3.8) is 0 Å². The first-order valence-corrected chi connectivity index (χ1v) is 7.83. The molecule has 3 nitrogen and oxygen atoms in total. The summed E-state index contributed by atoms with van der Waals surface area (Å²) in [7, 11) is 0. The Morgan fingerprint density at radius 2 is 2.20 bits per heavy atom. The van der Waals surface area contributed by atoms with E-state index in [9.17, 15) is 4.79 Å². The maximum Gasteiger partial charge on any atom is 0.302 e. The number of hydrogen-bond acceptors (Lipinski definition) is 3. The molecule has 3 fully saturated rings. The van der Waals surface area contributed by atoms with Crippen molar-refractivity contribution in [2.75, 3.05) is 6.61 Å². The largest absolute Gasteiger partial charge is 0.463 e. The molecule has 3 heteroatoms. The van der Waals surface area contributed by atoms with E-state index in [2.05, 4.69) is 20.4 Å². The molecule has 4 atom stereocenters. The van der Waals surface area contributed by atoms with Crippen LogP contribution in [0.1, 0.15) is 52.9 Å². The predicted octanol–water partition coefficient (Wildman–Crippen LogP) is 3.48. The van der Waals surface area contributed by atoms with Crippen molar-refractivity contribution in [3.05, 3.63) is 12.2 Å². The van der Waals surface area contributed by atoms with Crippen molar-refractivity contribution in [2.45, 2.75) is 64.6 Å². The van der Waals surface area contributed by atoms with Crippen molar-refractivity contribution in [2.24, 2.45) is 17.3 Å². The molecule has 0 bridgehead atoms. The molecule has 0 radical (unpaired) electrons. The van der Waals surface area contributed by atoms with Gasteiger partial charge in [-0.3, -0.25) is 4.79 Å². The molecule has 2 saturated carbocycles. The van der Waals surface area contributed by atoms with E-state index < -0.39 is 0 Å². The SMILES string of the molecule is C=C1CCC2OC2(COC(C)=O)CCC2C1CC2(C)C. The van der Waals surface area contributed by atoms with Gasteiger partial charge in [-0.2, -0.15) is 0 Å². The Morgan fingerprint density at radius 1 is 1.45 bits per heavy atom. The number of esters is 1. The number of carbonyl (C=O) groups is 1. The van der Waals surface area contributed by atoms with Crippen LogP contribution in [0.5, 0.6) is 0 Å². The zero-order valence-electron chi connectivity index (χ0n) is 12.9.